The number of imidazole rings is 1. The van der Waals surface area contributed by atoms with Crippen molar-refractivity contribution in [2.45, 2.75) is 12.6 Å². The number of aryl methyl sites for hydroxylation is 1. The van der Waals surface area contributed by atoms with E-state index < -0.39 is 22.3 Å². The molecule has 0 aliphatic heterocycles. The van der Waals surface area contributed by atoms with Crippen molar-refractivity contribution < 1.29 is 19.5 Å². The first kappa shape index (κ1) is 25.1. The number of methoxy groups -OCH3 is 1. The summed E-state index contributed by atoms with van der Waals surface area (Å²) in [6, 6.07) is 12.5. The van der Waals surface area contributed by atoms with Crippen molar-refractivity contribution in [1.82, 2.24) is 19.1 Å². The summed E-state index contributed by atoms with van der Waals surface area (Å²) in [5, 5.41) is 25.6. The molecule has 0 radical (unpaired) electrons. The fraction of sp³-hybridized carbons (Fsp3) is 0.217. The monoisotopic (exact) mass is 509 g/mol. The minimum atomic E-state index is -1.06. The molecule has 0 saturated heterocycles. The number of H-pyrrole nitrogens is 1. The van der Waals surface area contributed by atoms with Gasteiger partial charge in [-0.2, -0.15) is 10.1 Å². The number of ether oxygens (including phenoxy) is 2. The van der Waals surface area contributed by atoms with Crippen LogP contribution >= 0.6 is 0 Å². The summed E-state index contributed by atoms with van der Waals surface area (Å²) in [5.41, 5.74) is 2.03. The molecule has 14 nitrogen and oxygen atoms in total. The smallest absolute Gasteiger partial charge is 0.329 e. The van der Waals surface area contributed by atoms with Crippen molar-refractivity contribution in [2.75, 3.05) is 19.1 Å². The molecule has 1 unspecified atom stereocenters. The van der Waals surface area contributed by atoms with Crippen LogP contribution in [0.2, 0.25) is 0 Å². The Morgan fingerprint density at radius 1 is 1.19 bits per heavy atom. The summed E-state index contributed by atoms with van der Waals surface area (Å²) in [5.74, 6) is 1.26. The Kier molecular flexibility index (Phi) is 7.29. The van der Waals surface area contributed by atoms with Crippen LogP contribution in [0.25, 0.3) is 11.2 Å². The number of hydrogen-bond acceptors (Lipinski definition) is 10. The molecule has 3 N–H and O–H groups in total. The predicted octanol–water partition coefficient (Wildman–Crippen LogP) is 1.23. The van der Waals surface area contributed by atoms with Crippen LogP contribution in [-0.4, -0.2) is 55.2 Å². The lowest BCUT2D eigenvalue weighted by molar-refractivity contribution is -0.384. The number of aliphatic hydroxyl groups excluding tert-OH is 1. The highest BCUT2D eigenvalue weighted by atomic mass is 16.6. The first-order chi connectivity index (χ1) is 17.8. The Morgan fingerprint density at radius 2 is 1.86 bits per heavy atom. The van der Waals surface area contributed by atoms with Gasteiger partial charge in [0, 0.05) is 19.2 Å². The average Bonchev–Trinajstić information content (AvgIpc) is 3.25. The Labute approximate surface area is 208 Å². The van der Waals surface area contributed by atoms with Gasteiger partial charge in [-0.15, -0.1) is 0 Å². The van der Waals surface area contributed by atoms with Gasteiger partial charge in [-0.05, 0) is 42.0 Å². The highest BCUT2D eigenvalue weighted by molar-refractivity contribution is 5.81. The third kappa shape index (κ3) is 5.65. The lowest BCUT2D eigenvalue weighted by Crippen LogP contribution is -2.30. The van der Waals surface area contributed by atoms with Gasteiger partial charge < -0.3 is 19.1 Å². The Hall–Kier alpha value is -4.98. The van der Waals surface area contributed by atoms with E-state index in [4.69, 9.17) is 9.47 Å². The average molecular weight is 509 g/mol. The number of nitrogens with zero attached hydrogens (tertiary/aromatic N) is 5. The van der Waals surface area contributed by atoms with E-state index >= 15 is 0 Å². The molecule has 0 bridgehead atoms. The molecule has 4 aromatic rings. The molecule has 0 aliphatic carbocycles. The molecule has 2 heterocycles. The second-order valence-electron chi connectivity index (χ2n) is 7.90. The maximum Gasteiger partial charge on any atom is 0.329 e. The van der Waals surface area contributed by atoms with Crippen molar-refractivity contribution in [1.29, 1.82) is 0 Å². The first-order valence-electron chi connectivity index (χ1n) is 10.9. The molecule has 192 valence electrons. The molecule has 0 aliphatic rings. The van der Waals surface area contributed by atoms with Gasteiger partial charge in [-0.1, -0.05) is 0 Å². The van der Waals surface area contributed by atoms with Gasteiger partial charge in [0.05, 0.1) is 24.8 Å². The minimum absolute atomic E-state index is 0.0543. The van der Waals surface area contributed by atoms with Crippen molar-refractivity contribution in [3.05, 3.63) is 85.0 Å². The summed E-state index contributed by atoms with van der Waals surface area (Å²) in [6.07, 6.45) is 0.343. The maximum atomic E-state index is 12.6. The number of aromatic nitrogens is 4. The molecule has 4 rings (SSSR count). The van der Waals surface area contributed by atoms with Gasteiger partial charge in [0.1, 0.15) is 24.2 Å². The summed E-state index contributed by atoms with van der Waals surface area (Å²) in [7, 11) is 3.00. The molecule has 0 spiro atoms. The largest absolute Gasteiger partial charge is 0.497 e. The third-order valence-corrected chi connectivity index (χ3v) is 5.38. The number of aliphatic hydroxyl groups is 1. The zero-order valence-electron chi connectivity index (χ0n) is 19.8. The number of hydrazone groups is 1. The number of fused-ring (bicyclic) bond motifs is 1. The number of aromatic amines is 1. The first-order valence-corrected chi connectivity index (χ1v) is 10.9. The van der Waals surface area contributed by atoms with Gasteiger partial charge >= 0.3 is 5.69 Å². The fourth-order valence-electron chi connectivity index (χ4n) is 3.47. The van der Waals surface area contributed by atoms with Crippen LogP contribution < -0.4 is 26.1 Å². The van der Waals surface area contributed by atoms with Gasteiger partial charge in [-0.3, -0.25) is 24.5 Å². The highest BCUT2D eigenvalue weighted by Gasteiger charge is 2.20. The molecule has 14 heteroatoms. The maximum absolute atomic E-state index is 12.6. The zero-order chi connectivity index (χ0) is 26.5. The number of nitro benzene ring substituents is 1. The fourth-order valence-corrected chi connectivity index (χ4v) is 3.47. The number of rotatable bonds is 10. The Bertz CT molecular complexity index is 1550. The zero-order valence-corrected chi connectivity index (χ0v) is 19.8. The second-order valence-corrected chi connectivity index (χ2v) is 7.90. The molecule has 2 aromatic heterocycles. The molecule has 37 heavy (non-hydrogen) atoms. The standard InChI is InChI=1S/C23H23N7O7/c1-28-20-19(21(32)26-23(28)33)29(12-16(31)13-37-18-9-7-17(36-2)8-10-18)22(25-20)27-24-11-14-3-5-15(6-4-14)30(34)35/h3-11,16,31H,12-13H2,1-2H3,(H,25,27)(H,26,32,33). The molecular weight excluding hydrogens is 486 g/mol. The number of hydrogen-bond donors (Lipinski definition) is 3. The van der Waals surface area contributed by atoms with Crippen molar-refractivity contribution in [3.63, 3.8) is 0 Å². The number of nitrogens with one attached hydrogen (secondary N) is 2. The Morgan fingerprint density at radius 3 is 2.51 bits per heavy atom. The summed E-state index contributed by atoms with van der Waals surface area (Å²) in [6.45, 7) is -0.204. The number of nitro groups is 1. The van der Waals surface area contributed by atoms with Crippen molar-refractivity contribution >= 4 is 29.0 Å². The molecule has 2 aromatic carbocycles. The third-order valence-electron chi connectivity index (χ3n) is 5.38. The molecule has 0 fully saturated rings. The van der Waals surface area contributed by atoms with Gasteiger partial charge in [-0.25, -0.2) is 10.2 Å². The molecular formula is C23H23N7O7. The van der Waals surface area contributed by atoms with E-state index in [1.54, 1.807) is 31.4 Å². The quantitative estimate of drug-likeness (QED) is 0.161. The Balaban J connectivity index is 1.57. The number of benzene rings is 2. The van der Waals surface area contributed by atoms with E-state index in [0.717, 1.165) is 0 Å². The topological polar surface area (TPSA) is 179 Å². The normalized spacial score (nSPS) is 12.1. The van der Waals surface area contributed by atoms with Crippen LogP contribution in [0.15, 0.2) is 63.2 Å². The van der Waals surface area contributed by atoms with E-state index in [1.165, 1.54) is 46.7 Å². The summed E-state index contributed by atoms with van der Waals surface area (Å²) in [4.78, 5) is 41.5. The second kappa shape index (κ2) is 10.7. The molecule has 1 atom stereocenters. The van der Waals surface area contributed by atoms with E-state index in [0.29, 0.717) is 17.1 Å². The lowest BCUT2D eigenvalue weighted by atomic mass is 10.2. The highest BCUT2D eigenvalue weighted by Crippen LogP contribution is 2.19. The minimum Gasteiger partial charge on any atom is -0.497 e. The van der Waals surface area contributed by atoms with Gasteiger partial charge in [0.25, 0.3) is 11.2 Å². The summed E-state index contributed by atoms with van der Waals surface area (Å²) >= 11 is 0. The van der Waals surface area contributed by atoms with Gasteiger partial charge in [0.15, 0.2) is 11.2 Å². The van der Waals surface area contributed by atoms with Crippen molar-refractivity contribution in [2.24, 2.45) is 12.1 Å². The van der Waals surface area contributed by atoms with Crippen LogP contribution in [0.3, 0.4) is 0 Å². The molecule has 0 saturated carbocycles. The van der Waals surface area contributed by atoms with Crippen molar-refractivity contribution in [3.8, 4) is 11.5 Å². The van der Waals surface area contributed by atoms with E-state index in [9.17, 15) is 24.8 Å². The summed E-state index contributed by atoms with van der Waals surface area (Å²) < 4.78 is 13.3. The van der Waals surface area contributed by atoms with E-state index in [-0.39, 0.29) is 36.0 Å². The number of anilines is 1. The van der Waals surface area contributed by atoms with Crippen LogP contribution in [0, 0.1) is 10.1 Å². The lowest BCUT2D eigenvalue weighted by Gasteiger charge is -2.15. The van der Waals surface area contributed by atoms with Gasteiger partial charge in [0.2, 0.25) is 5.95 Å². The molecule has 0 amide bonds. The van der Waals surface area contributed by atoms with E-state index in [2.05, 4.69) is 20.5 Å². The predicted molar refractivity (Wildman–Crippen MR) is 134 cm³/mol. The van der Waals surface area contributed by atoms with Crippen LogP contribution in [-0.2, 0) is 13.6 Å². The number of non-ortho nitro benzene ring substituents is 1. The van der Waals surface area contributed by atoms with Crippen LogP contribution in [0.4, 0.5) is 11.6 Å². The van der Waals surface area contributed by atoms with Crippen LogP contribution in [0.1, 0.15) is 5.56 Å². The SMILES string of the molecule is COc1ccc(OCC(O)Cn2c(NN=Cc3ccc([N+](=O)[O-])cc3)nc3c2c(=O)[nH]c(=O)n3C)cc1. The van der Waals surface area contributed by atoms with Crippen LogP contribution in [0.5, 0.6) is 11.5 Å². The van der Waals surface area contributed by atoms with E-state index in [1.807, 2.05) is 0 Å².